The Morgan fingerprint density at radius 1 is 1.25 bits per heavy atom. The number of aromatic nitrogens is 1. The highest BCUT2D eigenvalue weighted by Crippen LogP contribution is 2.25. The van der Waals surface area contributed by atoms with Crippen LogP contribution in [0, 0.1) is 0 Å². The molecule has 4 rings (SSSR count). The van der Waals surface area contributed by atoms with Gasteiger partial charge >= 0.3 is 0 Å². The first-order valence-corrected chi connectivity index (χ1v) is 9.81. The number of carbonyl (C=O) groups is 2. The maximum absolute atomic E-state index is 12.8. The fourth-order valence-corrected chi connectivity index (χ4v) is 3.64. The van der Waals surface area contributed by atoms with Crippen molar-refractivity contribution in [1.82, 2.24) is 10.1 Å². The Labute approximate surface area is 164 Å². The number of carbonyl (C=O) groups excluding carboxylic acids is 2. The molecular weight excluding hydrogens is 358 g/mol. The van der Waals surface area contributed by atoms with Crippen molar-refractivity contribution in [2.24, 2.45) is 0 Å². The Kier molecular flexibility index (Phi) is 5.17. The summed E-state index contributed by atoms with van der Waals surface area (Å²) in [5, 5.41) is 6.86. The van der Waals surface area contributed by atoms with Crippen molar-refractivity contribution in [2.75, 3.05) is 18.5 Å². The third-order valence-corrected chi connectivity index (χ3v) is 5.31. The molecular formula is C21H25N3O4. The Morgan fingerprint density at radius 2 is 2.11 bits per heavy atom. The highest BCUT2D eigenvalue weighted by Gasteiger charge is 2.26. The van der Waals surface area contributed by atoms with Crippen LogP contribution in [0.25, 0.3) is 0 Å². The van der Waals surface area contributed by atoms with E-state index in [2.05, 4.69) is 10.5 Å². The number of nitrogens with zero attached hydrogens (tertiary/aromatic N) is 2. The van der Waals surface area contributed by atoms with E-state index in [9.17, 15) is 9.59 Å². The van der Waals surface area contributed by atoms with E-state index in [1.54, 1.807) is 11.0 Å². The molecule has 2 aromatic rings. The van der Waals surface area contributed by atoms with Crippen molar-refractivity contribution in [3.8, 4) is 0 Å². The molecule has 3 heterocycles. The van der Waals surface area contributed by atoms with Crippen molar-refractivity contribution in [3.05, 3.63) is 46.8 Å². The average molecular weight is 383 g/mol. The third kappa shape index (κ3) is 3.80. The van der Waals surface area contributed by atoms with Crippen LogP contribution >= 0.6 is 0 Å². The highest BCUT2D eigenvalue weighted by atomic mass is 16.5. The normalized spacial score (nSPS) is 19.0. The van der Waals surface area contributed by atoms with Crippen LogP contribution in [0.3, 0.4) is 0 Å². The molecule has 0 bridgehead atoms. The van der Waals surface area contributed by atoms with Gasteiger partial charge in [-0.3, -0.25) is 9.59 Å². The summed E-state index contributed by atoms with van der Waals surface area (Å²) in [6, 6.07) is 7.61. The molecule has 7 nitrogen and oxygen atoms in total. The van der Waals surface area contributed by atoms with Crippen LogP contribution in [-0.4, -0.2) is 41.1 Å². The van der Waals surface area contributed by atoms with Crippen LogP contribution in [-0.2, 0) is 22.5 Å². The lowest BCUT2D eigenvalue weighted by atomic mass is 9.98. The van der Waals surface area contributed by atoms with Crippen LogP contribution in [0.15, 0.2) is 28.8 Å². The summed E-state index contributed by atoms with van der Waals surface area (Å²) in [6.07, 6.45) is 2.08. The van der Waals surface area contributed by atoms with Gasteiger partial charge in [0.1, 0.15) is 11.9 Å². The predicted molar refractivity (Wildman–Crippen MR) is 103 cm³/mol. The highest BCUT2D eigenvalue weighted by molar-refractivity contribution is 5.94. The monoisotopic (exact) mass is 383 g/mol. The van der Waals surface area contributed by atoms with E-state index in [0.717, 1.165) is 30.5 Å². The minimum absolute atomic E-state index is 0.106. The van der Waals surface area contributed by atoms with Gasteiger partial charge in [-0.2, -0.15) is 0 Å². The molecule has 148 valence electrons. The molecule has 2 aliphatic heterocycles. The molecule has 0 spiro atoms. The average Bonchev–Trinajstić information content (AvgIpc) is 3.39. The number of fused-ring (bicyclic) bond motifs is 1. The number of nitrogens with one attached hydrogen (secondary N) is 1. The summed E-state index contributed by atoms with van der Waals surface area (Å²) >= 11 is 0. The Morgan fingerprint density at radius 3 is 2.82 bits per heavy atom. The first-order chi connectivity index (χ1) is 13.5. The van der Waals surface area contributed by atoms with Gasteiger partial charge in [-0.05, 0) is 42.5 Å². The summed E-state index contributed by atoms with van der Waals surface area (Å²) in [4.78, 5) is 26.9. The first kappa shape index (κ1) is 18.7. The number of rotatable bonds is 4. The summed E-state index contributed by atoms with van der Waals surface area (Å²) in [5.74, 6) is 0.658. The van der Waals surface area contributed by atoms with Crippen molar-refractivity contribution in [3.63, 3.8) is 0 Å². The topological polar surface area (TPSA) is 84.7 Å². The number of ether oxygens (including phenoxy) is 1. The lowest BCUT2D eigenvalue weighted by Gasteiger charge is -2.28. The molecule has 28 heavy (non-hydrogen) atoms. The summed E-state index contributed by atoms with van der Waals surface area (Å²) in [5.41, 5.74) is 3.31. The number of hydrogen-bond acceptors (Lipinski definition) is 5. The van der Waals surface area contributed by atoms with Gasteiger partial charge in [-0.1, -0.05) is 25.1 Å². The second kappa shape index (κ2) is 7.75. The van der Waals surface area contributed by atoms with E-state index in [1.807, 2.05) is 32.0 Å². The molecule has 1 saturated heterocycles. The molecule has 1 unspecified atom stereocenters. The second-order valence-electron chi connectivity index (χ2n) is 7.72. The summed E-state index contributed by atoms with van der Waals surface area (Å²) in [7, 11) is 0. The van der Waals surface area contributed by atoms with Gasteiger partial charge in [0.25, 0.3) is 11.8 Å². The zero-order valence-corrected chi connectivity index (χ0v) is 16.2. The SMILES string of the molecule is CC(C)c1cc(C(=O)N2CCc3ccc(NC(=O)C4CCCO4)cc3C2)no1. The van der Waals surface area contributed by atoms with Crippen molar-refractivity contribution < 1.29 is 18.8 Å². The Hall–Kier alpha value is -2.67. The van der Waals surface area contributed by atoms with Gasteiger partial charge in [0.2, 0.25) is 0 Å². The number of amides is 2. The molecule has 2 amide bonds. The standard InChI is InChI=1S/C21H25N3O4/c1-13(2)19-11-17(23-28-19)21(26)24-8-7-14-5-6-16(10-15(14)12-24)22-20(25)18-4-3-9-27-18/h5-6,10-11,13,18H,3-4,7-9,12H2,1-2H3,(H,22,25). The van der Waals surface area contributed by atoms with Gasteiger partial charge in [-0.25, -0.2) is 0 Å². The predicted octanol–water partition coefficient (Wildman–Crippen LogP) is 3.11. The van der Waals surface area contributed by atoms with Crippen LogP contribution in [0.5, 0.6) is 0 Å². The second-order valence-corrected chi connectivity index (χ2v) is 7.72. The quantitative estimate of drug-likeness (QED) is 0.877. The maximum atomic E-state index is 12.8. The zero-order valence-electron chi connectivity index (χ0n) is 16.2. The van der Waals surface area contributed by atoms with Crippen LogP contribution in [0.2, 0.25) is 0 Å². The lowest BCUT2D eigenvalue weighted by molar-refractivity contribution is -0.124. The Bertz CT molecular complexity index is 884. The number of hydrogen-bond donors (Lipinski definition) is 1. The van der Waals surface area contributed by atoms with Gasteiger partial charge in [0, 0.05) is 37.4 Å². The molecule has 1 aromatic heterocycles. The Balaban J connectivity index is 1.46. The van der Waals surface area contributed by atoms with Crippen LogP contribution in [0.1, 0.15) is 60.0 Å². The molecule has 0 saturated carbocycles. The summed E-state index contributed by atoms with van der Waals surface area (Å²) in [6.45, 7) is 5.76. The van der Waals surface area contributed by atoms with E-state index in [0.29, 0.717) is 31.2 Å². The molecule has 1 fully saturated rings. The summed E-state index contributed by atoms with van der Waals surface area (Å²) < 4.78 is 10.7. The van der Waals surface area contributed by atoms with Crippen molar-refractivity contribution in [2.45, 2.75) is 51.7 Å². The van der Waals surface area contributed by atoms with Crippen LogP contribution < -0.4 is 5.32 Å². The van der Waals surface area contributed by atoms with Crippen molar-refractivity contribution in [1.29, 1.82) is 0 Å². The van der Waals surface area contributed by atoms with E-state index >= 15 is 0 Å². The van der Waals surface area contributed by atoms with Crippen molar-refractivity contribution >= 4 is 17.5 Å². The van der Waals surface area contributed by atoms with E-state index in [-0.39, 0.29) is 23.8 Å². The fourth-order valence-electron chi connectivity index (χ4n) is 3.64. The molecule has 2 aliphatic rings. The minimum Gasteiger partial charge on any atom is -0.368 e. The van der Waals surface area contributed by atoms with E-state index in [4.69, 9.17) is 9.26 Å². The zero-order chi connectivity index (χ0) is 19.7. The first-order valence-electron chi connectivity index (χ1n) is 9.81. The van der Waals surface area contributed by atoms with E-state index < -0.39 is 0 Å². The molecule has 1 N–H and O–H groups in total. The lowest BCUT2D eigenvalue weighted by Crippen LogP contribution is -2.36. The minimum atomic E-state index is -0.364. The van der Waals surface area contributed by atoms with Gasteiger partial charge < -0.3 is 19.5 Å². The fraction of sp³-hybridized carbons (Fsp3) is 0.476. The maximum Gasteiger partial charge on any atom is 0.276 e. The molecule has 7 heteroatoms. The van der Waals surface area contributed by atoms with Crippen LogP contribution in [0.4, 0.5) is 5.69 Å². The molecule has 1 aromatic carbocycles. The van der Waals surface area contributed by atoms with Gasteiger partial charge in [0.05, 0.1) is 0 Å². The van der Waals surface area contributed by atoms with Gasteiger partial charge in [0.15, 0.2) is 5.69 Å². The molecule has 0 radical (unpaired) electrons. The smallest absolute Gasteiger partial charge is 0.276 e. The number of benzene rings is 1. The van der Waals surface area contributed by atoms with E-state index in [1.165, 1.54) is 5.56 Å². The van der Waals surface area contributed by atoms with Gasteiger partial charge in [-0.15, -0.1) is 0 Å². The molecule has 0 aliphatic carbocycles. The number of anilines is 1. The molecule has 1 atom stereocenters. The largest absolute Gasteiger partial charge is 0.368 e. The third-order valence-electron chi connectivity index (χ3n) is 5.31.